The lowest BCUT2D eigenvalue weighted by Crippen LogP contribution is -2.11. The molecule has 0 aliphatic rings. The minimum atomic E-state index is 1.15. The predicted molar refractivity (Wildman–Crippen MR) is 159 cm³/mol. The fourth-order valence-corrected chi connectivity index (χ4v) is 5.63. The van der Waals surface area contributed by atoms with Crippen molar-refractivity contribution in [3.63, 3.8) is 0 Å². The van der Waals surface area contributed by atoms with Crippen LogP contribution in [0.3, 0.4) is 0 Å². The lowest BCUT2D eigenvalue weighted by atomic mass is 9.92. The Balaban J connectivity index is 1.51. The summed E-state index contributed by atoms with van der Waals surface area (Å²) in [5.41, 5.74) is 5.86. The van der Waals surface area contributed by atoms with Gasteiger partial charge in [0.25, 0.3) is 0 Å². The summed E-state index contributed by atoms with van der Waals surface area (Å²) in [5, 5.41) is 7.68. The Labute approximate surface area is 217 Å². The first kappa shape index (κ1) is 21.5. The number of nitrogens with zero attached hydrogens (tertiary/aromatic N) is 2. The van der Waals surface area contributed by atoms with Gasteiger partial charge in [-0.25, -0.2) is 0 Å². The molecule has 0 fully saturated rings. The third-order valence-corrected chi connectivity index (χ3v) is 7.39. The second-order valence-corrected chi connectivity index (χ2v) is 9.49. The van der Waals surface area contributed by atoms with Crippen molar-refractivity contribution in [2.45, 2.75) is 0 Å². The van der Waals surface area contributed by atoms with E-state index >= 15 is 0 Å². The number of anilines is 5. The highest BCUT2D eigenvalue weighted by atomic mass is 15.1. The van der Waals surface area contributed by atoms with Crippen LogP contribution >= 0.6 is 0 Å². The molecule has 2 nitrogen and oxygen atoms in total. The largest absolute Gasteiger partial charge is 0.344 e. The zero-order valence-electron chi connectivity index (χ0n) is 20.7. The molecule has 0 N–H and O–H groups in total. The summed E-state index contributed by atoms with van der Waals surface area (Å²) in [6, 6.07) is 50.0. The number of para-hydroxylation sites is 3. The molecule has 0 aliphatic heterocycles. The summed E-state index contributed by atoms with van der Waals surface area (Å²) in [6.45, 7) is 0. The molecule has 0 radical (unpaired) electrons. The monoisotopic (exact) mass is 474 g/mol. The zero-order chi connectivity index (χ0) is 24.8. The summed E-state index contributed by atoms with van der Waals surface area (Å²) in [5.74, 6) is 0. The number of rotatable bonds is 5. The normalized spacial score (nSPS) is 11.4. The molecule has 7 rings (SSSR count). The molecular formula is C35H26N2. The first-order chi connectivity index (χ1) is 18.3. The van der Waals surface area contributed by atoms with E-state index < -0.39 is 0 Å². The van der Waals surface area contributed by atoms with Crippen LogP contribution in [-0.2, 0) is 0 Å². The molecule has 0 spiro atoms. The average molecular weight is 475 g/mol. The highest BCUT2D eigenvalue weighted by Crippen LogP contribution is 2.45. The average Bonchev–Trinajstić information content (AvgIpc) is 2.98. The van der Waals surface area contributed by atoms with Crippen LogP contribution in [0.1, 0.15) is 0 Å². The van der Waals surface area contributed by atoms with Gasteiger partial charge in [-0.15, -0.1) is 0 Å². The van der Waals surface area contributed by atoms with E-state index in [-0.39, 0.29) is 0 Å². The van der Waals surface area contributed by atoms with Gasteiger partial charge in [0.05, 0.1) is 5.69 Å². The highest BCUT2D eigenvalue weighted by molar-refractivity contribution is 6.27. The Bertz CT molecular complexity index is 1790. The summed E-state index contributed by atoms with van der Waals surface area (Å²) in [7, 11) is 2.15. The number of hydrogen-bond donors (Lipinski definition) is 0. The Morgan fingerprint density at radius 2 is 0.784 bits per heavy atom. The van der Waals surface area contributed by atoms with Crippen LogP contribution in [0.15, 0.2) is 140 Å². The third-order valence-electron chi connectivity index (χ3n) is 7.39. The van der Waals surface area contributed by atoms with E-state index in [1.165, 1.54) is 49.4 Å². The number of hydrogen-bond acceptors (Lipinski definition) is 2. The van der Waals surface area contributed by atoms with Gasteiger partial charge in [-0.3, -0.25) is 0 Å². The zero-order valence-corrected chi connectivity index (χ0v) is 20.7. The highest BCUT2D eigenvalue weighted by Gasteiger charge is 2.19. The second-order valence-electron chi connectivity index (χ2n) is 9.49. The fourth-order valence-electron chi connectivity index (χ4n) is 5.63. The lowest BCUT2D eigenvalue weighted by molar-refractivity contribution is 1.22. The molecule has 176 valence electrons. The Kier molecular flexibility index (Phi) is 5.04. The van der Waals surface area contributed by atoms with E-state index in [2.05, 4.69) is 156 Å². The van der Waals surface area contributed by atoms with Crippen LogP contribution in [-0.4, -0.2) is 7.05 Å². The van der Waals surface area contributed by atoms with E-state index in [1.807, 2.05) is 0 Å². The molecule has 0 atom stereocenters. The van der Waals surface area contributed by atoms with E-state index in [4.69, 9.17) is 0 Å². The van der Waals surface area contributed by atoms with Gasteiger partial charge in [-0.05, 0) is 70.1 Å². The summed E-state index contributed by atoms with van der Waals surface area (Å²) >= 11 is 0. The summed E-state index contributed by atoms with van der Waals surface area (Å²) in [4.78, 5) is 4.65. The maximum absolute atomic E-state index is 2.36. The topological polar surface area (TPSA) is 6.48 Å². The Morgan fingerprint density at radius 3 is 1.30 bits per heavy atom. The van der Waals surface area contributed by atoms with Gasteiger partial charge >= 0.3 is 0 Å². The molecule has 0 unspecified atom stereocenters. The van der Waals surface area contributed by atoms with Crippen molar-refractivity contribution in [1.82, 2.24) is 0 Å². The number of benzene rings is 7. The molecule has 0 saturated heterocycles. The molecule has 37 heavy (non-hydrogen) atoms. The van der Waals surface area contributed by atoms with Gasteiger partial charge in [0.2, 0.25) is 0 Å². The first-order valence-electron chi connectivity index (χ1n) is 12.7. The van der Waals surface area contributed by atoms with Crippen molar-refractivity contribution in [2.75, 3.05) is 16.8 Å². The van der Waals surface area contributed by atoms with Gasteiger partial charge in [-0.1, -0.05) is 91.0 Å². The van der Waals surface area contributed by atoms with Crippen LogP contribution in [0.2, 0.25) is 0 Å². The molecule has 7 aromatic rings. The third kappa shape index (κ3) is 3.49. The smallest absolute Gasteiger partial charge is 0.0540 e. The van der Waals surface area contributed by atoms with Crippen molar-refractivity contribution in [1.29, 1.82) is 0 Å². The molecule has 0 aliphatic carbocycles. The van der Waals surface area contributed by atoms with Crippen LogP contribution in [0.4, 0.5) is 28.4 Å². The molecule has 0 bridgehead atoms. The Hall–Kier alpha value is -4.82. The van der Waals surface area contributed by atoms with Gasteiger partial charge in [0.1, 0.15) is 0 Å². The minimum Gasteiger partial charge on any atom is -0.344 e. The molecule has 7 aromatic carbocycles. The van der Waals surface area contributed by atoms with E-state index in [9.17, 15) is 0 Å². The standard InChI is InChI=1S/C35H26N2/c1-36(27-11-5-2-6-12-27)32-23-19-25-18-22-31-33(24-20-26-17-21-30(32)34(25)35(26)31)37(28-13-7-3-8-14-28)29-15-9-4-10-16-29/h2-24H,1H3. The van der Waals surface area contributed by atoms with Crippen LogP contribution in [0.5, 0.6) is 0 Å². The van der Waals surface area contributed by atoms with Gasteiger partial charge in [-0.2, -0.15) is 0 Å². The van der Waals surface area contributed by atoms with Crippen LogP contribution in [0, 0.1) is 0 Å². The molecule has 0 aromatic heterocycles. The first-order valence-corrected chi connectivity index (χ1v) is 12.7. The van der Waals surface area contributed by atoms with Crippen molar-refractivity contribution < 1.29 is 0 Å². The maximum atomic E-state index is 2.36. The SMILES string of the molecule is CN(c1ccccc1)c1ccc2ccc3c(N(c4ccccc4)c4ccccc4)ccc4ccc1c2c43. The van der Waals surface area contributed by atoms with E-state index in [0.717, 1.165) is 11.4 Å². The molecule has 0 heterocycles. The van der Waals surface area contributed by atoms with Crippen molar-refractivity contribution >= 4 is 60.8 Å². The summed E-state index contributed by atoms with van der Waals surface area (Å²) < 4.78 is 0. The summed E-state index contributed by atoms with van der Waals surface area (Å²) in [6.07, 6.45) is 0. The van der Waals surface area contributed by atoms with Crippen molar-refractivity contribution in [2.24, 2.45) is 0 Å². The minimum absolute atomic E-state index is 1.15. The maximum Gasteiger partial charge on any atom is 0.0540 e. The molecule has 0 saturated carbocycles. The van der Waals surface area contributed by atoms with Gasteiger partial charge < -0.3 is 9.80 Å². The fraction of sp³-hybridized carbons (Fsp3) is 0.0286. The van der Waals surface area contributed by atoms with Crippen molar-refractivity contribution in [3.05, 3.63) is 140 Å². The quantitative estimate of drug-likeness (QED) is 0.229. The Morgan fingerprint density at radius 1 is 0.378 bits per heavy atom. The van der Waals surface area contributed by atoms with Gasteiger partial charge in [0.15, 0.2) is 0 Å². The molecule has 2 heteroatoms. The van der Waals surface area contributed by atoms with E-state index in [1.54, 1.807) is 0 Å². The lowest BCUT2D eigenvalue weighted by Gasteiger charge is -2.28. The molecular weight excluding hydrogens is 448 g/mol. The van der Waals surface area contributed by atoms with Gasteiger partial charge in [0, 0.05) is 40.6 Å². The van der Waals surface area contributed by atoms with Crippen molar-refractivity contribution in [3.8, 4) is 0 Å². The van der Waals surface area contributed by atoms with Crippen LogP contribution in [0.25, 0.3) is 32.3 Å². The van der Waals surface area contributed by atoms with Crippen LogP contribution < -0.4 is 9.80 Å². The molecule has 0 amide bonds. The predicted octanol–water partition coefficient (Wildman–Crippen LogP) is 9.82. The second kappa shape index (κ2) is 8.69. The van der Waals surface area contributed by atoms with E-state index in [0.29, 0.717) is 0 Å².